The molecule has 0 spiro atoms. The molecule has 116 valence electrons. The first-order chi connectivity index (χ1) is 10.7. The highest BCUT2D eigenvalue weighted by atomic mass is 16.3. The second kappa shape index (κ2) is 6.22. The third-order valence-electron chi connectivity index (χ3n) is 4.02. The number of hydrogen-bond acceptors (Lipinski definition) is 3. The Morgan fingerprint density at radius 1 is 1.32 bits per heavy atom. The summed E-state index contributed by atoms with van der Waals surface area (Å²) in [5.41, 5.74) is 0.859. The average molecular weight is 299 g/mol. The monoisotopic (exact) mass is 299 g/mol. The molecule has 2 heterocycles. The lowest BCUT2D eigenvalue weighted by atomic mass is 10.2. The fourth-order valence-electron chi connectivity index (χ4n) is 2.64. The van der Waals surface area contributed by atoms with Crippen LogP contribution in [0.4, 0.5) is 4.79 Å². The van der Waals surface area contributed by atoms with E-state index < -0.39 is 0 Å². The zero-order valence-corrected chi connectivity index (χ0v) is 12.9. The second-order valence-electron chi connectivity index (χ2n) is 5.76. The number of carbonyl (C=O) groups is 1. The van der Waals surface area contributed by atoms with E-state index in [4.69, 9.17) is 4.42 Å². The Kier molecular flexibility index (Phi) is 4.13. The van der Waals surface area contributed by atoms with E-state index >= 15 is 0 Å². The van der Waals surface area contributed by atoms with E-state index in [1.54, 1.807) is 12.5 Å². The van der Waals surface area contributed by atoms with Gasteiger partial charge in [-0.15, -0.1) is 0 Å². The van der Waals surface area contributed by atoms with Crippen LogP contribution in [0.1, 0.15) is 50.2 Å². The molecule has 1 fully saturated rings. The van der Waals surface area contributed by atoms with Crippen LogP contribution in [0.5, 0.6) is 0 Å². The van der Waals surface area contributed by atoms with Crippen molar-refractivity contribution in [2.45, 2.75) is 44.8 Å². The van der Waals surface area contributed by atoms with E-state index in [1.165, 1.54) is 0 Å². The molecule has 0 radical (unpaired) electrons. The van der Waals surface area contributed by atoms with Gasteiger partial charge in [-0.05, 0) is 51.0 Å². The summed E-state index contributed by atoms with van der Waals surface area (Å²) in [6.07, 6.45) is 5.49. The third-order valence-corrected chi connectivity index (χ3v) is 4.02. The van der Waals surface area contributed by atoms with E-state index in [2.05, 4.69) is 10.3 Å². The molecule has 5 nitrogen and oxygen atoms in total. The summed E-state index contributed by atoms with van der Waals surface area (Å²) in [6, 6.07) is 9.52. The van der Waals surface area contributed by atoms with Crippen molar-refractivity contribution in [2.75, 3.05) is 0 Å². The van der Waals surface area contributed by atoms with Crippen molar-refractivity contribution >= 4 is 6.03 Å². The highest BCUT2D eigenvalue weighted by Gasteiger charge is 2.37. The molecule has 1 saturated carbocycles. The molecule has 1 N–H and O–H groups in total. The molecule has 22 heavy (non-hydrogen) atoms. The molecule has 3 rings (SSSR count). The minimum atomic E-state index is -0.126. The summed E-state index contributed by atoms with van der Waals surface area (Å²) >= 11 is 0. The van der Waals surface area contributed by atoms with Gasteiger partial charge in [-0.2, -0.15) is 0 Å². The van der Waals surface area contributed by atoms with Crippen LogP contribution in [0.15, 0.2) is 47.2 Å². The molecule has 2 aromatic heterocycles. The van der Waals surface area contributed by atoms with Crippen molar-refractivity contribution < 1.29 is 9.21 Å². The summed E-state index contributed by atoms with van der Waals surface area (Å²) in [4.78, 5) is 18.9. The Bertz CT molecular complexity index is 608. The fraction of sp³-hybridized carbons (Fsp3) is 0.412. The first-order valence-electron chi connectivity index (χ1n) is 7.70. The van der Waals surface area contributed by atoms with Crippen molar-refractivity contribution in [3.63, 3.8) is 0 Å². The number of aromatic nitrogens is 1. The standard InChI is InChI=1S/C17H21N3O2/c1-12(15-6-3-4-10-18-15)19-17(21)20(14-8-9-14)13(2)16-7-5-11-22-16/h3-7,10-14H,8-9H2,1-2H3,(H,19,21)/t12-,13+/m1/s1. The van der Waals surface area contributed by atoms with Crippen LogP contribution < -0.4 is 5.32 Å². The fourth-order valence-corrected chi connectivity index (χ4v) is 2.64. The van der Waals surface area contributed by atoms with Gasteiger partial charge in [0, 0.05) is 12.2 Å². The van der Waals surface area contributed by atoms with Crippen LogP contribution in [0.2, 0.25) is 0 Å². The van der Waals surface area contributed by atoms with E-state index in [0.717, 1.165) is 24.3 Å². The van der Waals surface area contributed by atoms with Gasteiger partial charge in [0.15, 0.2) is 0 Å². The number of amides is 2. The molecular formula is C17H21N3O2. The Morgan fingerprint density at radius 3 is 2.73 bits per heavy atom. The van der Waals surface area contributed by atoms with Crippen molar-refractivity contribution in [3.05, 3.63) is 54.2 Å². The molecule has 0 saturated heterocycles. The lowest BCUT2D eigenvalue weighted by Gasteiger charge is -2.29. The summed E-state index contributed by atoms with van der Waals surface area (Å²) in [5, 5.41) is 3.04. The van der Waals surface area contributed by atoms with Gasteiger partial charge in [-0.1, -0.05) is 6.07 Å². The Morgan fingerprint density at radius 2 is 2.14 bits per heavy atom. The molecule has 0 unspecified atom stereocenters. The van der Waals surface area contributed by atoms with Crippen LogP contribution in [0.25, 0.3) is 0 Å². The van der Waals surface area contributed by atoms with Crippen LogP contribution in [-0.2, 0) is 0 Å². The predicted molar refractivity (Wildman–Crippen MR) is 83.2 cm³/mol. The molecule has 5 heteroatoms. The Balaban J connectivity index is 1.71. The minimum absolute atomic E-state index is 0.0652. The van der Waals surface area contributed by atoms with Crippen molar-refractivity contribution in [1.29, 1.82) is 0 Å². The number of nitrogens with zero attached hydrogens (tertiary/aromatic N) is 2. The van der Waals surface area contributed by atoms with Gasteiger partial charge in [0.1, 0.15) is 5.76 Å². The van der Waals surface area contributed by atoms with Crippen LogP contribution in [0.3, 0.4) is 0 Å². The quantitative estimate of drug-likeness (QED) is 0.916. The number of furan rings is 1. The van der Waals surface area contributed by atoms with Gasteiger partial charge in [0.2, 0.25) is 0 Å². The largest absolute Gasteiger partial charge is 0.467 e. The number of urea groups is 1. The zero-order chi connectivity index (χ0) is 15.5. The van der Waals surface area contributed by atoms with Crippen LogP contribution in [0, 0.1) is 0 Å². The van der Waals surface area contributed by atoms with Gasteiger partial charge in [-0.3, -0.25) is 4.98 Å². The number of pyridine rings is 1. The van der Waals surface area contributed by atoms with Gasteiger partial charge >= 0.3 is 6.03 Å². The summed E-state index contributed by atoms with van der Waals surface area (Å²) < 4.78 is 5.46. The maximum absolute atomic E-state index is 12.7. The summed E-state index contributed by atoms with van der Waals surface area (Å²) in [6.45, 7) is 3.95. The lowest BCUT2D eigenvalue weighted by Crippen LogP contribution is -2.43. The van der Waals surface area contributed by atoms with Crippen LogP contribution in [-0.4, -0.2) is 22.0 Å². The maximum Gasteiger partial charge on any atom is 0.318 e. The van der Waals surface area contributed by atoms with E-state index in [0.29, 0.717) is 6.04 Å². The number of rotatable bonds is 5. The summed E-state index contributed by atoms with van der Waals surface area (Å²) in [5.74, 6) is 0.813. The van der Waals surface area contributed by atoms with E-state index in [1.807, 2.05) is 49.1 Å². The molecule has 2 amide bonds. The minimum Gasteiger partial charge on any atom is -0.467 e. The highest BCUT2D eigenvalue weighted by Crippen LogP contribution is 2.34. The molecule has 2 aromatic rings. The first kappa shape index (κ1) is 14.6. The number of nitrogens with one attached hydrogen (secondary N) is 1. The molecule has 2 atom stereocenters. The van der Waals surface area contributed by atoms with Gasteiger partial charge in [0.05, 0.1) is 24.0 Å². The van der Waals surface area contributed by atoms with Crippen molar-refractivity contribution in [1.82, 2.24) is 15.2 Å². The van der Waals surface area contributed by atoms with E-state index in [9.17, 15) is 4.79 Å². The Hall–Kier alpha value is -2.30. The number of carbonyl (C=O) groups excluding carboxylic acids is 1. The SMILES string of the molecule is C[C@@H](NC(=O)N(C1CC1)[C@@H](C)c1ccco1)c1ccccn1. The van der Waals surface area contributed by atoms with Crippen LogP contribution >= 0.6 is 0 Å². The van der Waals surface area contributed by atoms with Gasteiger partial charge in [0.25, 0.3) is 0 Å². The van der Waals surface area contributed by atoms with E-state index in [-0.39, 0.29) is 18.1 Å². The Labute approximate surface area is 130 Å². The van der Waals surface area contributed by atoms with Crippen molar-refractivity contribution in [3.8, 4) is 0 Å². The molecule has 0 aliphatic heterocycles. The van der Waals surface area contributed by atoms with Crippen molar-refractivity contribution in [2.24, 2.45) is 0 Å². The number of hydrogen-bond donors (Lipinski definition) is 1. The predicted octanol–water partition coefficient (Wildman–Crippen LogP) is 3.67. The first-order valence-corrected chi connectivity index (χ1v) is 7.70. The molecular weight excluding hydrogens is 278 g/mol. The third kappa shape index (κ3) is 3.13. The molecule has 0 aromatic carbocycles. The second-order valence-corrected chi connectivity index (χ2v) is 5.76. The average Bonchev–Trinajstić information content (AvgIpc) is 3.20. The highest BCUT2D eigenvalue weighted by molar-refractivity contribution is 5.75. The summed E-state index contributed by atoms with van der Waals surface area (Å²) in [7, 11) is 0. The molecule has 0 bridgehead atoms. The topological polar surface area (TPSA) is 58.4 Å². The molecule has 1 aliphatic carbocycles. The smallest absolute Gasteiger partial charge is 0.318 e. The molecule has 1 aliphatic rings. The lowest BCUT2D eigenvalue weighted by molar-refractivity contribution is 0.163. The van der Waals surface area contributed by atoms with Gasteiger partial charge < -0.3 is 14.6 Å². The normalized spacial score (nSPS) is 16.8. The maximum atomic E-state index is 12.7. The zero-order valence-electron chi connectivity index (χ0n) is 12.9. The van der Waals surface area contributed by atoms with Gasteiger partial charge in [-0.25, -0.2) is 4.79 Å².